The van der Waals surface area contributed by atoms with E-state index in [1.165, 1.54) is 0 Å². The molecule has 0 fully saturated rings. The second-order valence-corrected chi connectivity index (χ2v) is 3.66. The molecule has 3 nitrogen and oxygen atoms in total. The Morgan fingerprint density at radius 1 is 1.57 bits per heavy atom. The molecule has 1 aromatic rings. The minimum Gasteiger partial charge on any atom is -0.489 e. The molecule has 0 bridgehead atoms. The van der Waals surface area contributed by atoms with Gasteiger partial charge >= 0.3 is 0 Å². The highest BCUT2D eigenvalue weighted by Crippen LogP contribution is 2.30. The van der Waals surface area contributed by atoms with Crippen LogP contribution in [0.15, 0.2) is 18.2 Å². The summed E-state index contributed by atoms with van der Waals surface area (Å²) >= 11 is 5.89. The Kier molecular flexibility index (Phi) is 4.04. The second kappa shape index (κ2) is 5.08. The van der Waals surface area contributed by atoms with Gasteiger partial charge in [0.25, 0.3) is 0 Å². The average molecular weight is 216 g/mol. The van der Waals surface area contributed by atoms with Gasteiger partial charge in [-0.2, -0.15) is 0 Å². The van der Waals surface area contributed by atoms with Crippen molar-refractivity contribution < 1.29 is 9.84 Å². The van der Waals surface area contributed by atoms with Gasteiger partial charge in [0, 0.05) is 12.5 Å². The van der Waals surface area contributed by atoms with E-state index in [2.05, 4.69) is 0 Å². The number of rotatable bonds is 4. The first-order valence-electron chi connectivity index (χ1n) is 4.42. The zero-order chi connectivity index (χ0) is 10.6. The third-order valence-electron chi connectivity index (χ3n) is 1.82. The topological polar surface area (TPSA) is 55.5 Å². The van der Waals surface area contributed by atoms with Crippen LogP contribution in [0.1, 0.15) is 6.92 Å². The van der Waals surface area contributed by atoms with Gasteiger partial charge in [0.2, 0.25) is 0 Å². The largest absolute Gasteiger partial charge is 0.489 e. The van der Waals surface area contributed by atoms with Crippen LogP contribution in [0.3, 0.4) is 0 Å². The molecule has 0 heterocycles. The van der Waals surface area contributed by atoms with E-state index in [0.717, 1.165) is 0 Å². The van der Waals surface area contributed by atoms with Crippen molar-refractivity contribution in [2.45, 2.75) is 6.92 Å². The summed E-state index contributed by atoms with van der Waals surface area (Å²) in [6.45, 7) is 2.38. The summed E-state index contributed by atoms with van der Waals surface area (Å²) in [5, 5.41) is 9.30. The molecule has 1 unspecified atom stereocenters. The highest BCUT2D eigenvalue weighted by molar-refractivity contribution is 6.32. The van der Waals surface area contributed by atoms with Crippen molar-refractivity contribution in [2.24, 2.45) is 5.92 Å². The van der Waals surface area contributed by atoms with Gasteiger partial charge in [0.05, 0.1) is 17.3 Å². The Labute approximate surface area is 88.4 Å². The maximum Gasteiger partial charge on any atom is 0.160 e. The third-order valence-corrected chi connectivity index (χ3v) is 2.12. The van der Waals surface area contributed by atoms with Crippen molar-refractivity contribution in [2.75, 3.05) is 18.9 Å². The number of nitrogens with two attached hydrogens (primary N) is 1. The summed E-state index contributed by atoms with van der Waals surface area (Å²) in [4.78, 5) is 0. The SMILES string of the molecule is CC(CO)COc1c(N)cccc1Cl. The summed E-state index contributed by atoms with van der Waals surface area (Å²) in [6, 6.07) is 5.21. The lowest BCUT2D eigenvalue weighted by atomic mass is 10.2. The molecule has 0 aliphatic rings. The molecule has 0 saturated carbocycles. The number of aliphatic hydroxyl groups is 1. The zero-order valence-electron chi connectivity index (χ0n) is 8.03. The van der Waals surface area contributed by atoms with Crippen LogP contribution >= 0.6 is 11.6 Å². The molecule has 78 valence electrons. The molecule has 1 rings (SSSR count). The molecule has 1 atom stereocenters. The number of para-hydroxylation sites is 1. The maximum absolute atomic E-state index is 8.81. The molecule has 14 heavy (non-hydrogen) atoms. The zero-order valence-corrected chi connectivity index (χ0v) is 8.79. The van der Waals surface area contributed by atoms with E-state index in [-0.39, 0.29) is 12.5 Å². The standard InChI is InChI=1S/C10H14ClNO2/c1-7(5-13)6-14-10-8(11)3-2-4-9(10)12/h2-4,7,13H,5-6,12H2,1H3. The van der Waals surface area contributed by atoms with E-state index < -0.39 is 0 Å². The van der Waals surface area contributed by atoms with Crippen molar-refractivity contribution in [3.8, 4) is 5.75 Å². The molecular formula is C10H14ClNO2. The van der Waals surface area contributed by atoms with Gasteiger partial charge in [-0.1, -0.05) is 24.6 Å². The maximum atomic E-state index is 8.81. The van der Waals surface area contributed by atoms with E-state index in [4.69, 9.17) is 27.2 Å². The number of hydrogen-bond donors (Lipinski definition) is 2. The van der Waals surface area contributed by atoms with Crippen LogP contribution in [-0.4, -0.2) is 18.3 Å². The Hall–Kier alpha value is -0.930. The summed E-state index contributed by atoms with van der Waals surface area (Å²) in [6.07, 6.45) is 0. The van der Waals surface area contributed by atoms with Crippen LogP contribution in [0.4, 0.5) is 5.69 Å². The second-order valence-electron chi connectivity index (χ2n) is 3.26. The quantitative estimate of drug-likeness (QED) is 0.755. The number of ether oxygens (including phenoxy) is 1. The Morgan fingerprint density at radius 2 is 2.29 bits per heavy atom. The summed E-state index contributed by atoms with van der Waals surface area (Å²) in [5.41, 5.74) is 6.19. The number of hydrogen-bond acceptors (Lipinski definition) is 3. The van der Waals surface area contributed by atoms with Gasteiger partial charge in [0.1, 0.15) is 0 Å². The first-order valence-corrected chi connectivity index (χ1v) is 4.80. The molecule has 0 aromatic heterocycles. The fourth-order valence-electron chi connectivity index (χ4n) is 0.956. The molecule has 0 radical (unpaired) electrons. The third kappa shape index (κ3) is 2.79. The molecule has 3 N–H and O–H groups in total. The molecule has 0 spiro atoms. The minimum absolute atomic E-state index is 0.0747. The monoisotopic (exact) mass is 215 g/mol. The Bertz CT molecular complexity index is 284. The number of halogens is 1. The van der Waals surface area contributed by atoms with Crippen LogP contribution in [-0.2, 0) is 0 Å². The van der Waals surface area contributed by atoms with Crippen molar-refractivity contribution >= 4 is 17.3 Å². The molecule has 0 aliphatic heterocycles. The number of nitrogen functional groups attached to an aromatic ring is 1. The normalized spacial score (nSPS) is 12.5. The predicted molar refractivity (Wildman–Crippen MR) is 57.6 cm³/mol. The molecule has 0 saturated heterocycles. The van der Waals surface area contributed by atoms with Gasteiger partial charge in [-0.05, 0) is 12.1 Å². The fraction of sp³-hybridized carbons (Fsp3) is 0.400. The molecule has 1 aromatic carbocycles. The summed E-state index contributed by atoms with van der Waals surface area (Å²) < 4.78 is 5.40. The van der Waals surface area contributed by atoms with E-state index in [1.807, 2.05) is 6.92 Å². The molecule has 0 aliphatic carbocycles. The lowest BCUT2D eigenvalue weighted by Crippen LogP contribution is -2.13. The number of aliphatic hydroxyl groups excluding tert-OH is 1. The molecular weight excluding hydrogens is 202 g/mol. The first-order chi connectivity index (χ1) is 6.65. The van der Waals surface area contributed by atoms with Crippen molar-refractivity contribution in [3.63, 3.8) is 0 Å². The summed E-state index contributed by atoms with van der Waals surface area (Å²) in [5.74, 6) is 0.570. The van der Waals surface area contributed by atoms with Crippen LogP contribution < -0.4 is 10.5 Å². The van der Waals surface area contributed by atoms with Crippen molar-refractivity contribution in [3.05, 3.63) is 23.2 Å². The lowest BCUT2D eigenvalue weighted by Gasteiger charge is -2.13. The van der Waals surface area contributed by atoms with Gasteiger partial charge in [-0.15, -0.1) is 0 Å². The average Bonchev–Trinajstić information content (AvgIpc) is 2.16. The van der Waals surface area contributed by atoms with E-state index >= 15 is 0 Å². The van der Waals surface area contributed by atoms with Crippen LogP contribution in [0, 0.1) is 5.92 Å². The Morgan fingerprint density at radius 3 is 2.86 bits per heavy atom. The van der Waals surface area contributed by atoms with Crippen LogP contribution in [0.2, 0.25) is 5.02 Å². The predicted octanol–water partition coefficient (Wildman–Crippen LogP) is 1.93. The highest BCUT2D eigenvalue weighted by atomic mass is 35.5. The van der Waals surface area contributed by atoms with Crippen molar-refractivity contribution in [1.82, 2.24) is 0 Å². The van der Waals surface area contributed by atoms with E-state index in [1.54, 1.807) is 18.2 Å². The first kappa shape index (κ1) is 11.1. The number of anilines is 1. The smallest absolute Gasteiger partial charge is 0.160 e. The molecule has 4 heteroatoms. The van der Waals surface area contributed by atoms with Gasteiger partial charge < -0.3 is 15.6 Å². The number of benzene rings is 1. The minimum atomic E-state index is 0.0747. The van der Waals surface area contributed by atoms with E-state index in [0.29, 0.717) is 23.1 Å². The van der Waals surface area contributed by atoms with Gasteiger partial charge in [0.15, 0.2) is 5.75 Å². The van der Waals surface area contributed by atoms with Crippen LogP contribution in [0.5, 0.6) is 5.75 Å². The highest BCUT2D eigenvalue weighted by Gasteiger charge is 2.07. The van der Waals surface area contributed by atoms with Crippen molar-refractivity contribution in [1.29, 1.82) is 0 Å². The lowest BCUT2D eigenvalue weighted by molar-refractivity contribution is 0.175. The Balaban J connectivity index is 2.66. The molecule has 0 amide bonds. The van der Waals surface area contributed by atoms with Crippen LogP contribution in [0.25, 0.3) is 0 Å². The van der Waals surface area contributed by atoms with Gasteiger partial charge in [-0.25, -0.2) is 0 Å². The van der Waals surface area contributed by atoms with E-state index in [9.17, 15) is 0 Å². The van der Waals surface area contributed by atoms with Gasteiger partial charge in [-0.3, -0.25) is 0 Å². The fourth-order valence-corrected chi connectivity index (χ4v) is 1.19. The summed E-state index contributed by atoms with van der Waals surface area (Å²) in [7, 11) is 0.